The second-order valence-corrected chi connectivity index (χ2v) is 8.61. The van der Waals surface area contributed by atoms with Crippen molar-refractivity contribution >= 4 is 33.7 Å². The van der Waals surface area contributed by atoms with E-state index in [1.165, 1.54) is 6.42 Å². The number of nitrogens with zero attached hydrogens (tertiary/aromatic N) is 2. The molecule has 6 rings (SSSR count). The zero-order valence-corrected chi connectivity index (χ0v) is 17.4. The van der Waals surface area contributed by atoms with Crippen LogP contribution in [-0.4, -0.2) is 24.0 Å². The van der Waals surface area contributed by atoms with Crippen molar-refractivity contribution in [2.24, 2.45) is 5.92 Å². The molecule has 1 aliphatic carbocycles. The summed E-state index contributed by atoms with van der Waals surface area (Å²) < 4.78 is 5.88. The average Bonchev–Trinajstić information content (AvgIpc) is 3.24. The highest BCUT2D eigenvalue weighted by atomic mass is 16.5. The summed E-state index contributed by atoms with van der Waals surface area (Å²) in [4.78, 5) is 16.0. The largest absolute Gasteiger partial charge is 0.369 e. The molecule has 4 aromatic rings. The fourth-order valence-corrected chi connectivity index (χ4v) is 4.97. The van der Waals surface area contributed by atoms with Gasteiger partial charge in [0.25, 0.3) is 0 Å². The summed E-state index contributed by atoms with van der Waals surface area (Å²) in [6, 6.07) is 19.7. The third-order valence-electron chi connectivity index (χ3n) is 6.43. The maximum atomic E-state index is 13.6. The molecule has 3 aromatic carbocycles. The lowest BCUT2D eigenvalue weighted by molar-refractivity contribution is 0.104. The summed E-state index contributed by atoms with van der Waals surface area (Å²) in [5.41, 5.74) is 5.67. The van der Waals surface area contributed by atoms with Crippen LogP contribution in [0.1, 0.15) is 35.7 Å². The molecule has 154 valence electrons. The van der Waals surface area contributed by atoms with Crippen LogP contribution < -0.4 is 10.2 Å². The molecular formula is C26H23N3O2. The van der Waals surface area contributed by atoms with Crippen LogP contribution in [-0.2, 0) is 0 Å². The molecule has 31 heavy (non-hydrogen) atoms. The van der Waals surface area contributed by atoms with E-state index in [1.54, 1.807) is 0 Å². The van der Waals surface area contributed by atoms with E-state index < -0.39 is 0 Å². The molecular weight excluding hydrogens is 386 g/mol. The highest BCUT2D eigenvalue weighted by Gasteiger charge is 2.34. The number of piperidine rings is 1. The van der Waals surface area contributed by atoms with Gasteiger partial charge < -0.3 is 14.7 Å². The SMILES string of the molecule is C[C@@H]1CCCN(c2cc(Nc3ccccc3)c3c4c(onc24)-c2ccccc2C3=O)C1. The molecule has 0 spiro atoms. The third-order valence-corrected chi connectivity index (χ3v) is 6.43. The minimum atomic E-state index is 0.00768. The van der Waals surface area contributed by atoms with Crippen LogP contribution >= 0.6 is 0 Å². The molecule has 0 saturated carbocycles. The van der Waals surface area contributed by atoms with Crippen molar-refractivity contribution in [3.63, 3.8) is 0 Å². The normalized spacial score (nSPS) is 17.6. The molecule has 1 atom stereocenters. The topological polar surface area (TPSA) is 58.4 Å². The van der Waals surface area contributed by atoms with Gasteiger partial charge in [0.2, 0.25) is 0 Å². The maximum Gasteiger partial charge on any atom is 0.196 e. The van der Waals surface area contributed by atoms with Crippen molar-refractivity contribution in [1.29, 1.82) is 0 Å². The standard InChI is InChI=1S/C26H23N3O2/c1-16-8-7-13-29(15-16)21-14-20(27-17-9-3-2-4-10-17)22-23-24(21)28-31-26(23)19-12-6-5-11-18(19)25(22)30/h2-6,9-12,14,16,27H,7-8,13,15H2,1H3/t16-/m1/s1. The van der Waals surface area contributed by atoms with Crippen molar-refractivity contribution in [1.82, 2.24) is 5.16 Å². The summed E-state index contributed by atoms with van der Waals surface area (Å²) in [6.07, 6.45) is 2.39. The number of anilines is 3. The highest BCUT2D eigenvalue weighted by Crippen LogP contribution is 2.46. The van der Waals surface area contributed by atoms with E-state index in [0.717, 1.165) is 53.0 Å². The minimum Gasteiger partial charge on any atom is -0.369 e. The van der Waals surface area contributed by atoms with Gasteiger partial charge in [-0.05, 0) is 37.0 Å². The smallest absolute Gasteiger partial charge is 0.196 e. The molecule has 0 radical (unpaired) electrons. The second kappa shape index (κ2) is 6.98. The number of hydrogen-bond donors (Lipinski definition) is 1. The van der Waals surface area contributed by atoms with E-state index in [0.29, 0.717) is 22.8 Å². The van der Waals surface area contributed by atoms with E-state index in [1.807, 2.05) is 54.6 Å². The van der Waals surface area contributed by atoms with Gasteiger partial charge in [0.15, 0.2) is 11.5 Å². The van der Waals surface area contributed by atoms with E-state index in [2.05, 4.69) is 28.4 Å². The van der Waals surface area contributed by atoms with Gasteiger partial charge in [-0.3, -0.25) is 4.79 Å². The van der Waals surface area contributed by atoms with Crippen LogP contribution in [0.25, 0.3) is 22.2 Å². The predicted molar refractivity (Wildman–Crippen MR) is 123 cm³/mol. The minimum absolute atomic E-state index is 0.00768. The Morgan fingerprint density at radius 3 is 2.65 bits per heavy atom. The molecule has 5 heteroatoms. The van der Waals surface area contributed by atoms with Gasteiger partial charge in [0.1, 0.15) is 5.52 Å². The third kappa shape index (κ3) is 2.84. The number of hydrogen-bond acceptors (Lipinski definition) is 5. The van der Waals surface area contributed by atoms with Crippen molar-refractivity contribution in [2.45, 2.75) is 19.8 Å². The molecule has 1 saturated heterocycles. The first kappa shape index (κ1) is 18.2. The number of carbonyl (C=O) groups is 1. The fraction of sp³-hybridized carbons (Fsp3) is 0.231. The zero-order valence-electron chi connectivity index (χ0n) is 17.4. The van der Waals surface area contributed by atoms with Gasteiger partial charge in [-0.25, -0.2) is 0 Å². The monoisotopic (exact) mass is 409 g/mol. The van der Waals surface area contributed by atoms with Gasteiger partial charge in [-0.2, -0.15) is 0 Å². The Hall–Kier alpha value is -3.60. The molecule has 1 aliphatic heterocycles. The summed E-state index contributed by atoms with van der Waals surface area (Å²) >= 11 is 0. The lowest BCUT2D eigenvalue weighted by Gasteiger charge is -2.33. The molecule has 2 heterocycles. The number of aromatic nitrogens is 1. The number of rotatable bonds is 3. The first-order valence-corrected chi connectivity index (χ1v) is 10.9. The summed E-state index contributed by atoms with van der Waals surface area (Å²) in [6.45, 7) is 4.25. The first-order valence-electron chi connectivity index (χ1n) is 10.9. The van der Waals surface area contributed by atoms with Crippen LogP contribution in [0.2, 0.25) is 0 Å². The van der Waals surface area contributed by atoms with E-state index in [-0.39, 0.29) is 5.78 Å². The number of nitrogens with one attached hydrogen (secondary N) is 1. The molecule has 0 bridgehead atoms. The fourth-order valence-electron chi connectivity index (χ4n) is 4.97. The average molecular weight is 409 g/mol. The zero-order chi connectivity index (χ0) is 20.9. The van der Waals surface area contributed by atoms with E-state index >= 15 is 0 Å². The number of benzene rings is 3. The molecule has 1 aromatic heterocycles. The Bertz CT molecular complexity index is 1310. The maximum absolute atomic E-state index is 13.6. The van der Waals surface area contributed by atoms with Gasteiger partial charge in [0, 0.05) is 29.9 Å². The number of carbonyl (C=O) groups excluding carboxylic acids is 1. The highest BCUT2D eigenvalue weighted by molar-refractivity contribution is 6.28. The quantitative estimate of drug-likeness (QED) is 0.395. The summed E-state index contributed by atoms with van der Waals surface area (Å²) in [5, 5.41) is 8.79. The molecule has 1 fully saturated rings. The molecule has 0 amide bonds. The summed E-state index contributed by atoms with van der Waals surface area (Å²) in [7, 11) is 0. The van der Waals surface area contributed by atoms with Crippen LogP contribution in [0.15, 0.2) is 65.2 Å². The Kier molecular flexibility index (Phi) is 4.10. The van der Waals surface area contributed by atoms with Gasteiger partial charge in [-0.15, -0.1) is 0 Å². The van der Waals surface area contributed by atoms with Crippen LogP contribution in [0.3, 0.4) is 0 Å². The van der Waals surface area contributed by atoms with Crippen molar-refractivity contribution in [3.05, 3.63) is 71.8 Å². The van der Waals surface area contributed by atoms with Crippen LogP contribution in [0.5, 0.6) is 0 Å². The molecule has 0 unspecified atom stereocenters. The molecule has 1 N–H and O–H groups in total. The van der Waals surface area contributed by atoms with Gasteiger partial charge in [0.05, 0.1) is 22.3 Å². The lowest BCUT2D eigenvalue weighted by atomic mass is 9.86. The number of ketones is 1. The van der Waals surface area contributed by atoms with Gasteiger partial charge >= 0.3 is 0 Å². The van der Waals surface area contributed by atoms with Crippen molar-refractivity contribution < 1.29 is 9.32 Å². The van der Waals surface area contributed by atoms with E-state index in [4.69, 9.17) is 4.52 Å². The Balaban J connectivity index is 1.62. The molecule has 5 nitrogen and oxygen atoms in total. The Morgan fingerprint density at radius 1 is 1.06 bits per heavy atom. The van der Waals surface area contributed by atoms with Crippen LogP contribution in [0, 0.1) is 5.92 Å². The first-order chi connectivity index (χ1) is 15.2. The Morgan fingerprint density at radius 2 is 1.84 bits per heavy atom. The predicted octanol–water partition coefficient (Wildman–Crippen LogP) is 6.02. The van der Waals surface area contributed by atoms with Crippen LogP contribution in [0.4, 0.5) is 17.1 Å². The number of para-hydroxylation sites is 1. The van der Waals surface area contributed by atoms with Crippen molar-refractivity contribution in [2.75, 3.05) is 23.3 Å². The van der Waals surface area contributed by atoms with Gasteiger partial charge in [-0.1, -0.05) is 54.5 Å². The second-order valence-electron chi connectivity index (χ2n) is 8.61. The summed E-state index contributed by atoms with van der Waals surface area (Å²) in [5.74, 6) is 1.31. The Labute approximate surface area is 180 Å². The molecule has 2 aliphatic rings. The lowest BCUT2D eigenvalue weighted by Crippen LogP contribution is -2.34. The number of fused-ring (bicyclic) bond motifs is 2. The van der Waals surface area contributed by atoms with Crippen molar-refractivity contribution in [3.8, 4) is 11.3 Å². The van der Waals surface area contributed by atoms with E-state index in [9.17, 15) is 4.79 Å².